The highest BCUT2D eigenvalue weighted by molar-refractivity contribution is 6.30. The SMILES string of the molecule is CC(=O)NCCNc1nc(-c2ccccc2)nc2[nH]c(C(=O)N3CCN(c4cccc(Cl)c4)CC3)cc12. The van der Waals surface area contributed by atoms with Crippen LogP contribution in [0.15, 0.2) is 60.7 Å². The van der Waals surface area contributed by atoms with E-state index in [-0.39, 0.29) is 11.8 Å². The van der Waals surface area contributed by atoms with E-state index in [9.17, 15) is 9.59 Å². The van der Waals surface area contributed by atoms with E-state index in [2.05, 4.69) is 20.5 Å². The molecule has 5 rings (SSSR count). The molecule has 3 heterocycles. The van der Waals surface area contributed by atoms with Crippen molar-refractivity contribution >= 4 is 46.0 Å². The maximum atomic E-state index is 13.4. The Labute approximate surface area is 219 Å². The monoisotopic (exact) mass is 517 g/mol. The number of carbonyl (C=O) groups excluding carboxylic acids is 2. The number of nitrogens with one attached hydrogen (secondary N) is 3. The number of piperazine rings is 1. The summed E-state index contributed by atoms with van der Waals surface area (Å²) < 4.78 is 0. The molecule has 0 aliphatic carbocycles. The number of hydrogen-bond donors (Lipinski definition) is 3. The number of hydrogen-bond acceptors (Lipinski definition) is 6. The molecule has 190 valence electrons. The van der Waals surface area contributed by atoms with Crippen molar-refractivity contribution in [2.75, 3.05) is 49.5 Å². The summed E-state index contributed by atoms with van der Waals surface area (Å²) in [5.41, 5.74) is 2.98. The van der Waals surface area contributed by atoms with Gasteiger partial charge in [0.25, 0.3) is 5.91 Å². The van der Waals surface area contributed by atoms with Crippen LogP contribution >= 0.6 is 11.6 Å². The molecule has 10 heteroatoms. The molecule has 0 saturated carbocycles. The van der Waals surface area contributed by atoms with Gasteiger partial charge in [-0.05, 0) is 24.3 Å². The predicted molar refractivity (Wildman–Crippen MR) is 146 cm³/mol. The number of fused-ring (bicyclic) bond motifs is 1. The minimum Gasteiger partial charge on any atom is -0.368 e. The molecule has 0 unspecified atom stereocenters. The summed E-state index contributed by atoms with van der Waals surface area (Å²) in [6, 6.07) is 19.3. The molecular formula is C27H28ClN7O2. The van der Waals surface area contributed by atoms with Gasteiger partial charge in [-0.3, -0.25) is 9.59 Å². The number of amides is 2. The lowest BCUT2D eigenvalue weighted by Crippen LogP contribution is -2.48. The normalized spacial score (nSPS) is 13.6. The Morgan fingerprint density at radius 2 is 1.76 bits per heavy atom. The number of benzene rings is 2. The number of aromatic amines is 1. The standard InChI is InChI=1S/C27H28ClN7O2/c1-18(36)29-10-11-30-25-22-17-23(31-26(22)33-24(32-25)19-6-3-2-4-7-19)27(37)35-14-12-34(13-15-35)21-9-5-8-20(28)16-21/h2-9,16-17H,10-15H2,1H3,(H,29,36)(H2,30,31,32,33). The van der Waals surface area contributed by atoms with E-state index >= 15 is 0 Å². The Balaban J connectivity index is 1.37. The zero-order chi connectivity index (χ0) is 25.8. The summed E-state index contributed by atoms with van der Waals surface area (Å²) in [6.45, 7) is 5.07. The molecule has 2 aromatic carbocycles. The van der Waals surface area contributed by atoms with Crippen molar-refractivity contribution in [2.45, 2.75) is 6.92 Å². The van der Waals surface area contributed by atoms with Crippen LogP contribution in [0.2, 0.25) is 5.02 Å². The Hall–Kier alpha value is -4.11. The summed E-state index contributed by atoms with van der Waals surface area (Å²) >= 11 is 6.15. The molecule has 0 bridgehead atoms. The van der Waals surface area contributed by atoms with Gasteiger partial charge in [0, 0.05) is 62.5 Å². The van der Waals surface area contributed by atoms with Crippen LogP contribution in [0.5, 0.6) is 0 Å². The highest BCUT2D eigenvalue weighted by Crippen LogP contribution is 2.27. The highest BCUT2D eigenvalue weighted by Gasteiger charge is 2.25. The molecule has 9 nitrogen and oxygen atoms in total. The van der Waals surface area contributed by atoms with Gasteiger partial charge in [-0.1, -0.05) is 48.0 Å². The number of aromatic nitrogens is 3. The Kier molecular flexibility index (Phi) is 7.23. The predicted octanol–water partition coefficient (Wildman–Crippen LogP) is 3.79. The van der Waals surface area contributed by atoms with E-state index < -0.39 is 0 Å². The maximum Gasteiger partial charge on any atom is 0.270 e. The van der Waals surface area contributed by atoms with Crippen LogP contribution in [0.3, 0.4) is 0 Å². The van der Waals surface area contributed by atoms with Gasteiger partial charge in [-0.15, -0.1) is 0 Å². The van der Waals surface area contributed by atoms with Crippen LogP contribution in [-0.2, 0) is 4.79 Å². The van der Waals surface area contributed by atoms with Crippen LogP contribution in [0.25, 0.3) is 22.4 Å². The van der Waals surface area contributed by atoms with Crippen molar-refractivity contribution in [3.63, 3.8) is 0 Å². The third-order valence-electron chi connectivity index (χ3n) is 6.28. The summed E-state index contributed by atoms with van der Waals surface area (Å²) in [4.78, 5) is 41.4. The van der Waals surface area contributed by atoms with E-state index in [0.717, 1.165) is 29.7 Å². The van der Waals surface area contributed by atoms with Crippen LogP contribution in [0, 0.1) is 0 Å². The Bertz CT molecular complexity index is 1420. The number of anilines is 2. The molecule has 3 N–H and O–H groups in total. The molecule has 1 saturated heterocycles. The molecule has 1 aliphatic heterocycles. The van der Waals surface area contributed by atoms with E-state index in [1.165, 1.54) is 6.92 Å². The van der Waals surface area contributed by atoms with Gasteiger partial charge in [0.05, 0.1) is 5.39 Å². The van der Waals surface area contributed by atoms with Crippen LogP contribution in [0.1, 0.15) is 17.4 Å². The first-order chi connectivity index (χ1) is 18.0. The fourth-order valence-corrected chi connectivity index (χ4v) is 4.59. The third-order valence-corrected chi connectivity index (χ3v) is 6.52. The van der Waals surface area contributed by atoms with Gasteiger partial charge in [-0.2, -0.15) is 0 Å². The van der Waals surface area contributed by atoms with Gasteiger partial charge in [-0.25, -0.2) is 9.97 Å². The average Bonchev–Trinajstić information content (AvgIpc) is 3.35. The molecule has 1 aliphatic rings. The number of rotatable bonds is 7. The van der Waals surface area contributed by atoms with E-state index in [1.54, 1.807) is 6.07 Å². The summed E-state index contributed by atoms with van der Waals surface area (Å²) in [5, 5.41) is 7.48. The second-order valence-electron chi connectivity index (χ2n) is 8.88. The summed E-state index contributed by atoms with van der Waals surface area (Å²) in [6.07, 6.45) is 0. The van der Waals surface area contributed by atoms with Crippen LogP contribution < -0.4 is 15.5 Å². The summed E-state index contributed by atoms with van der Waals surface area (Å²) in [7, 11) is 0. The third kappa shape index (κ3) is 5.67. The largest absolute Gasteiger partial charge is 0.368 e. The maximum absolute atomic E-state index is 13.4. The van der Waals surface area contributed by atoms with Crippen molar-refractivity contribution in [2.24, 2.45) is 0 Å². The molecular weight excluding hydrogens is 490 g/mol. The fraction of sp³-hybridized carbons (Fsp3) is 0.259. The lowest BCUT2D eigenvalue weighted by Gasteiger charge is -2.36. The lowest BCUT2D eigenvalue weighted by molar-refractivity contribution is -0.118. The number of H-pyrrole nitrogens is 1. The molecule has 0 atom stereocenters. The van der Waals surface area contributed by atoms with Gasteiger partial charge in [0.2, 0.25) is 5.91 Å². The van der Waals surface area contributed by atoms with Crippen molar-refractivity contribution in [1.82, 2.24) is 25.2 Å². The van der Waals surface area contributed by atoms with Gasteiger partial charge >= 0.3 is 0 Å². The van der Waals surface area contributed by atoms with Gasteiger partial charge in [0.15, 0.2) is 5.82 Å². The Morgan fingerprint density at radius 3 is 2.49 bits per heavy atom. The molecule has 37 heavy (non-hydrogen) atoms. The Morgan fingerprint density at radius 1 is 0.973 bits per heavy atom. The molecule has 0 radical (unpaired) electrons. The molecule has 0 spiro atoms. The first-order valence-corrected chi connectivity index (χ1v) is 12.6. The zero-order valence-corrected chi connectivity index (χ0v) is 21.3. The zero-order valence-electron chi connectivity index (χ0n) is 20.5. The first kappa shape index (κ1) is 24.6. The average molecular weight is 518 g/mol. The van der Waals surface area contributed by atoms with Gasteiger partial charge in [0.1, 0.15) is 17.2 Å². The van der Waals surface area contributed by atoms with Crippen molar-refractivity contribution < 1.29 is 9.59 Å². The van der Waals surface area contributed by atoms with E-state index in [1.807, 2.05) is 59.5 Å². The number of nitrogens with zero attached hydrogens (tertiary/aromatic N) is 4. The van der Waals surface area contributed by atoms with Crippen LogP contribution in [0.4, 0.5) is 11.5 Å². The van der Waals surface area contributed by atoms with Gasteiger partial charge < -0.3 is 25.4 Å². The smallest absolute Gasteiger partial charge is 0.270 e. The molecule has 2 amide bonds. The second kappa shape index (κ2) is 10.9. The summed E-state index contributed by atoms with van der Waals surface area (Å²) in [5.74, 6) is 0.986. The number of halogens is 1. The van der Waals surface area contributed by atoms with Crippen LogP contribution in [-0.4, -0.2) is 70.9 Å². The van der Waals surface area contributed by atoms with Crippen molar-refractivity contribution in [3.05, 3.63) is 71.4 Å². The quantitative estimate of drug-likeness (QED) is 0.322. The fourth-order valence-electron chi connectivity index (χ4n) is 4.41. The second-order valence-corrected chi connectivity index (χ2v) is 9.31. The van der Waals surface area contributed by atoms with E-state index in [0.29, 0.717) is 54.2 Å². The minimum absolute atomic E-state index is 0.0748. The lowest BCUT2D eigenvalue weighted by atomic mass is 10.2. The highest BCUT2D eigenvalue weighted by atomic mass is 35.5. The number of carbonyl (C=O) groups is 2. The first-order valence-electron chi connectivity index (χ1n) is 12.2. The molecule has 2 aromatic heterocycles. The topological polar surface area (TPSA) is 106 Å². The van der Waals surface area contributed by atoms with Crippen molar-refractivity contribution in [1.29, 1.82) is 0 Å². The van der Waals surface area contributed by atoms with Crippen molar-refractivity contribution in [3.8, 4) is 11.4 Å². The van der Waals surface area contributed by atoms with E-state index in [4.69, 9.17) is 21.6 Å². The molecule has 1 fully saturated rings. The minimum atomic E-state index is -0.0930. The molecule has 4 aromatic rings.